The van der Waals surface area contributed by atoms with Crippen LogP contribution in [0.15, 0.2) is 35.9 Å². The fourth-order valence-electron chi connectivity index (χ4n) is 6.04. The van der Waals surface area contributed by atoms with Crippen LogP contribution < -0.4 is 0 Å². The molecule has 11 heteroatoms. The number of aromatic amines is 1. The maximum absolute atomic E-state index is 16.0. The molecule has 230 valence electrons. The number of aromatic carboxylic acids is 1. The Morgan fingerprint density at radius 2 is 1.79 bits per heavy atom. The highest BCUT2D eigenvalue weighted by Crippen LogP contribution is 2.44. The first-order valence-electron chi connectivity index (χ1n) is 14.2. The van der Waals surface area contributed by atoms with Crippen molar-refractivity contribution in [2.75, 3.05) is 19.6 Å². The number of fused-ring (bicyclic) bond motifs is 3. The highest BCUT2D eigenvalue weighted by Gasteiger charge is 2.42. The number of H-pyrrole nitrogens is 1. The summed E-state index contributed by atoms with van der Waals surface area (Å²) in [5.74, 6) is -6.07. The van der Waals surface area contributed by atoms with Crippen LogP contribution in [0.5, 0.6) is 0 Å². The lowest BCUT2D eigenvalue weighted by Gasteiger charge is -2.42. The molecule has 0 bridgehead atoms. The molecule has 2 aromatic carbocycles. The number of nitrogens with one attached hydrogen (secondary N) is 1. The first-order chi connectivity index (χ1) is 20.0. The number of nitrogens with zero attached hydrogens (tertiary/aromatic N) is 2. The summed E-state index contributed by atoms with van der Waals surface area (Å²) in [6.07, 6.45) is 2.01. The third kappa shape index (κ3) is 6.41. The number of carboxylic acids is 1. The first-order valence-corrected chi connectivity index (χ1v) is 14.2. The Labute approximate surface area is 247 Å². The molecular weight excluding hydrogens is 566 g/mol. The summed E-state index contributed by atoms with van der Waals surface area (Å²) in [7, 11) is 0. The molecule has 0 unspecified atom stereocenters. The van der Waals surface area contributed by atoms with E-state index >= 15 is 8.78 Å². The van der Waals surface area contributed by atoms with Gasteiger partial charge in [-0.25, -0.2) is 27.2 Å². The Morgan fingerprint density at radius 3 is 2.40 bits per heavy atom. The number of carbonyl (C=O) groups is 2. The largest absolute Gasteiger partial charge is 0.478 e. The highest BCUT2D eigenvalue weighted by atomic mass is 19.3. The van der Waals surface area contributed by atoms with Crippen LogP contribution in [0.4, 0.5) is 22.4 Å². The van der Waals surface area contributed by atoms with Gasteiger partial charge in [-0.15, -0.1) is 0 Å². The van der Waals surface area contributed by atoms with Crippen molar-refractivity contribution in [1.29, 1.82) is 0 Å². The fourth-order valence-corrected chi connectivity index (χ4v) is 6.04. The summed E-state index contributed by atoms with van der Waals surface area (Å²) >= 11 is 0. The van der Waals surface area contributed by atoms with E-state index in [-0.39, 0.29) is 23.2 Å². The van der Waals surface area contributed by atoms with Gasteiger partial charge in [0.05, 0.1) is 18.2 Å². The zero-order valence-corrected chi connectivity index (χ0v) is 24.7. The Kier molecular flexibility index (Phi) is 7.83. The van der Waals surface area contributed by atoms with Crippen LogP contribution in [0, 0.1) is 11.6 Å². The molecule has 1 aromatic heterocycles. The molecule has 2 aliphatic heterocycles. The second kappa shape index (κ2) is 11.0. The van der Waals surface area contributed by atoms with E-state index in [0.29, 0.717) is 41.5 Å². The van der Waals surface area contributed by atoms with Gasteiger partial charge >= 0.3 is 12.1 Å². The average Bonchev–Trinajstić information content (AvgIpc) is 3.48. The summed E-state index contributed by atoms with van der Waals surface area (Å²) in [5.41, 5.74) is 1.56. The van der Waals surface area contributed by atoms with E-state index in [4.69, 9.17) is 4.74 Å². The molecule has 1 fully saturated rings. The maximum atomic E-state index is 16.0. The molecule has 1 amide bonds. The van der Waals surface area contributed by atoms with Crippen LogP contribution in [0.2, 0.25) is 0 Å². The number of carboxylic acid groups (broad SMARTS) is 1. The van der Waals surface area contributed by atoms with Crippen molar-refractivity contribution in [3.05, 3.63) is 75.5 Å². The van der Waals surface area contributed by atoms with E-state index in [2.05, 4.69) is 4.98 Å². The van der Waals surface area contributed by atoms with Gasteiger partial charge in [0.1, 0.15) is 17.2 Å². The van der Waals surface area contributed by atoms with E-state index in [1.165, 1.54) is 34.1 Å². The number of carbonyl (C=O) groups excluding carboxylic acids is 1. The van der Waals surface area contributed by atoms with Gasteiger partial charge in [0.25, 0.3) is 5.92 Å². The van der Waals surface area contributed by atoms with Gasteiger partial charge in [0.15, 0.2) is 0 Å². The lowest BCUT2D eigenvalue weighted by molar-refractivity contribution is -0.0374. The van der Waals surface area contributed by atoms with Gasteiger partial charge in [-0.1, -0.05) is 12.1 Å². The highest BCUT2D eigenvalue weighted by molar-refractivity contribution is 5.95. The topological polar surface area (TPSA) is 85.9 Å². The van der Waals surface area contributed by atoms with Crippen molar-refractivity contribution in [3.63, 3.8) is 0 Å². The van der Waals surface area contributed by atoms with Gasteiger partial charge in [-0.05, 0) is 81.5 Å². The number of amides is 1. The van der Waals surface area contributed by atoms with Gasteiger partial charge < -0.3 is 19.7 Å². The number of likely N-dealkylation sites (tertiary alicyclic amines) is 1. The van der Waals surface area contributed by atoms with Gasteiger partial charge in [-0.3, -0.25) is 4.90 Å². The molecule has 3 heterocycles. The summed E-state index contributed by atoms with van der Waals surface area (Å²) in [6, 6.07) is 5.15. The summed E-state index contributed by atoms with van der Waals surface area (Å²) < 4.78 is 66.1. The second-order valence-electron chi connectivity index (χ2n) is 12.6. The third-order valence-electron chi connectivity index (χ3n) is 7.81. The molecule has 0 saturated carbocycles. The molecule has 2 N–H and O–H groups in total. The molecule has 0 spiro atoms. The van der Waals surface area contributed by atoms with Gasteiger partial charge in [0, 0.05) is 48.2 Å². The number of ether oxygens (including phenoxy) is 1. The number of benzene rings is 2. The van der Waals surface area contributed by atoms with Gasteiger partial charge in [-0.2, -0.15) is 0 Å². The third-order valence-corrected chi connectivity index (χ3v) is 7.81. The van der Waals surface area contributed by atoms with Crippen LogP contribution in [0.25, 0.3) is 17.0 Å². The molecular formula is C32H35F4N3O4. The van der Waals surface area contributed by atoms with Crippen LogP contribution in [0.3, 0.4) is 0 Å². The SMILES string of the molecule is C[C@@H]1Cc2c([nH]c3cc(C(=O)O)ccc23)[C@@H](c2c(F)cc(/C=C3/CCN(C(=O)OC(C)(C)C)C3)cc2F)N1CC(C)(F)F. The molecule has 0 radical (unpaired) electrons. The van der Waals surface area contributed by atoms with Crippen molar-refractivity contribution >= 4 is 29.0 Å². The van der Waals surface area contributed by atoms with Crippen molar-refractivity contribution in [2.24, 2.45) is 0 Å². The lowest BCUT2D eigenvalue weighted by atomic mass is 9.87. The van der Waals surface area contributed by atoms with E-state index < -0.39 is 53.8 Å². The average molecular weight is 602 g/mol. The zero-order valence-electron chi connectivity index (χ0n) is 24.7. The lowest BCUT2D eigenvalue weighted by Crippen LogP contribution is -2.47. The Bertz CT molecular complexity index is 1600. The van der Waals surface area contributed by atoms with Crippen LogP contribution in [-0.2, 0) is 11.2 Å². The standard InChI is InChI=1S/C32H35F4N3O4/c1-17-10-22-21-7-6-20(29(40)41)14-25(21)37-27(22)28(39(17)16-32(5,35)36)26-23(33)12-19(13-24(26)34)11-18-8-9-38(15-18)30(42)43-31(2,3)4/h6-7,11-14,17,28,37H,8-10,15-16H2,1-5H3,(H,40,41)/b18-11-/t17-,28-/m1/s1. The number of alkyl halides is 2. The fraction of sp³-hybridized carbons (Fsp3) is 0.438. The van der Waals surface area contributed by atoms with Crippen molar-refractivity contribution < 1.29 is 37.0 Å². The van der Waals surface area contributed by atoms with E-state index in [9.17, 15) is 23.5 Å². The Balaban J connectivity index is 1.54. The predicted octanol–water partition coefficient (Wildman–Crippen LogP) is 7.16. The zero-order chi connectivity index (χ0) is 31.4. The van der Waals surface area contributed by atoms with Crippen LogP contribution in [-0.4, -0.2) is 69.2 Å². The van der Waals surface area contributed by atoms with Crippen molar-refractivity contribution in [3.8, 4) is 0 Å². The van der Waals surface area contributed by atoms with Crippen molar-refractivity contribution in [2.45, 2.75) is 71.1 Å². The first kappa shape index (κ1) is 30.6. The maximum Gasteiger partial charge on any atom is 0.410 e. The van der Waals surface area contributed by atoms with E-state index in [0.717, 1.165) is 12.5 Å². The molecule has 5 rings (SSSR count). The van der Waals surface area contributed by atoms with Crippen LogP contribution in [0.1, 0.15) is 79.8 Å². The minimum atomic E-state index is -3.15. The minimum absolute atomic E-state index is 0.0274. The Morgan fingerprint density at radius 1 is 1.12 bits per heavy atom. The summed E-state index contributed by atoms with van der Waals surface area (Å²) in [5, 5.41) is 10.1. The molecule has 2 atom stereocenters. The van der Waals surface area contributed by atoms with Crippen molar-refractivity contribution in [1.82, 2.24) is 14.8 Å². The number of rotatable bonds is 5. The number of halogens is 4. The number of aromatic nitrogens is 1. The quantitative estimate of drug-likeness (QED) is 0.303. The molecule has 0 aliphatic carbocycles. The molecule has 43 heavy (non-hydrogen) atoms. The molecule has 2 aliphatic rings. The minimum Gasteiger partial charge on any atom is -0.478 e. The van der Waals surface area contributed by atoms with E-state index in [1.54, 1.807) is 39.8 Å². The molecule has 3 aromatic rings. The summed E-state index contributed by atoms with van der Waals surface area (Å²) in [6.45, 7) is 7.75. The Hall–Kier alpha value is -3.86. The number of hydrogen-bond donors (Lipinski definition) is 2. The normalized spacial score (nSPS) is 20.6. The summed E-state index contributed by atoms with van der Waals surface area (Å²) in [4.78, 5) is 30.0. The van der Waals surface area contributed by atoms with Crippen LogP contribution >= 0.6 is 0 Å². The molecule has 1 saturated heterocycles. The van der Waals surface area contributed by atoms with Gasteiger partial charge in [0.2, 0.25) is 0 Å². The predicted molar refractivity (Wildman–Crippen MR) is 154 cm³/mol. The number of hydrogen-bond acceptors (Lipinski definition) is 4. The molecule has 7 nitrogen and oxygen atoms in total. The van der Waals surface area contributed by atoms with E-state index in [1.807, 2.05) is 0 Å². The second-order valence-corrected chi connectivity index (χ2v) is 12.6. The monoisotopic (exact) mass is 601 g/mol. The smallest absolute Gasteiger partial charge is 0.410 e.